The van der Waals surface area contributed by atoms with Gasteiger partial charge in [-0.2, -0.15) is 5.26 Å². The van der Waals surface area contributed by atoms with Crippen molar-refractivity contribution in [1.29, 1.82) is 5.26 Å². The van der Waals surface area contributed by atoms with Crippen molar-refractivity contribution in [2.75, 3.05) is 11.4 Å². The van der Waals surface area contributed by atoms with Gasteiger partial charge in [-0.05, 0) is 43.4 Å². The first-order valence-corrected chi connectivity index (χ1v) is 7.04. The van der Waals surface area contributed by atoms with Crippen molar-refractivity contribution >= 4 is 17.3 Å². The maximum absolute atomic E-state index is 9.29. The quantitative estimate of drug-likeness (QED) is 0.756. The fraction of sp³-hybridized carbons (Fsp3) is 0.533. The highest BCUT2D eigenvalue weighted by atomic mass is 35.5. The van der Waals surface area contributed by atoms with Crippen molar-refractivity contribution in [3.05, 3.63) is 29.3 Å². The van der Waals surface area contributed by atoms with E-state index in [1.165, 1.54) is 12.8 Å². The third-order valence-corrected chi connectivity index (χ3v) is 4.09. The molecule has 2 atom stereocenters. The van der Waals surface area contributed by atoms with Crippen LogP contribution in [-0.4, -0.2) is 12.6 Å². The maximum atomic E-state index is 9.29. The molecule has 2 nitrogen and oxygen atoms in total. The second-order valence-corrected chi connectivity index (χ2v) is 5.54. The molecule has 18 heavy (non-hydrogen) atoms. The maximum Gasteiger partial charge on any atom is 0.101 e. The van der Waals surface area contributed by atoms with E-state index in [4.69, 9.17) is 11.6 Å². The van der Waals surface area contributed by atoms with Crippen LogP contribution in [0.1, 0.15) is 37.8 Å². The second kappa shape index (κ2) is 5.63. The lowest BCUT2D eigenvalue weighted by Gasteiger charge is -2.38. The van der Waals surface area contributed by atoms with E-state index in [2.05, 4.69) is 24.8 Å². The van der Waals surface area contributed by atoms with E-state index >= 15 is 0 Å². The van der Waals surface area contributed by atoms with E-state index < -0.39 is 0 Å². The van der Waals surface area contributed by atoms with Crippen LogP contribution in [0, 0.1) is 17.2 Å². The fourth-order valence-corrected chi connectivity index (χ4v) is 2.94. The number of alkyl halides is 1. The monoisotopic (exact) mass is 262 g/mol. The molecule has 0 saturated carbocycles. The summed E-state index contributed by atoms with van der Waals surface area (Å²) in [7, 11) is 0. The summed E-state index contributed by atoms with van der Waals surface area (Å²) < 4.78 is 0. The van der Waals surface area contributed by atoms with Crippen LogP contribution in [0.15, 0.2) is 18.2 Å². The molecular weight excluding hydrogens is 244 g/mol. The van der Waals surface area contributed by atoms with Gasteiger partial charge in [0.2, 0.25) is 0 Å². The molecule has 2 unspecified atom stereocenters. The minimum absolute atomic E-state index is 0.460. The summed E-state index contributed by atoms with van der Waals surface area (Å²) >= 11 is 5.82. The van der Waals surface area contributed by atoms with Crippen molar-refractivity contribution in [2.45, 2.75) is 38.6 Å². The van der Waals surface area contributed by atoms with Gasteiger partial charge in [-0.3, -0.25) is 0 Å². The molecular formula is C15H19ClN2. The van der Waals surface area contributed by atoms with Gasteiger partial charge in [0.1, 0.15) is 6.07 Å². The molecule has 1 saturated heterocycles. The highest BCUT2D eigenvalue weighted by Crippen LogP contribution is 2.30. The van der Waals surface area contributed by atoms with Gasteiger partial charge in [0.25, 0.3) is 0 Å². The number of piperidine rings is 1. The number of halogens is 1. The van der Waals surface area contributed by atoms with Crippen molar-refractivity contribution in [1.82, 2.24) is 0 Å². The molecule has 2 rings (SSSR count). The lowest BCUT2D eigenvalue weighted by Crippen LogP contribution is -2.40. The van der Waals surface area contributed by atoms with Crippen molar-refractivity contribution in [3.63, 3.8) is 0 Å². The Kier molecular flexibility index (Phi) is 4.14. The smallest absolute Gasteiger partial charge is 0.101 e. The van der Waals surface area contributed by atoms with E-state index in [9.17, 15) is 5.26 Å². The van der Waals surface area contributed by atoms with Crippen LogP contribution in [0.2, 0.25) is 0 Å². The van der Waals surface area contributed by atoms with Gasteiger partial charge in [0, 0.05) is 18.5 Å². The number of nitrogens with zero attached hydrogens (tertiary/aromatic N) is 2. The van der Waals surface area contributed by atoms with Crippen LogP contribution in [0.4, 0.5) is 5.69 Å². The third-order valence-electron chi connectivity index (χ3n) is 3.78. The van der Waals surface area contributed by atoms with Gasteiger partial charge in [-0.25, -0.2) is 0 Å². The predicted octanol–water partition coefficient (Wildman–Crippen LogP) is 3.92. The molecule has 1 heterocycles. The minimum Gasteiger partial charge on any atom is -0.368 e. The van der Waals surface area contributed by atoms with Gasteiger partial charge in [-0.15, -0.1) is 11.6 Å². The van der Waals surface area contributed by atoms with Gasteiger partial charge in [0.05, 0.1) is 11.3 Å². The van der Waals surface area contributed by atoms with Crippen molar-refractivity contribution in [2.24, 2.45) is 5.92 Å². The molecule has 1 aliphatic rings. The number of benzene rings is 1. The summed E-state index contributed by atoms with van der Waals surface area (Å²) in [4.78, 5) is 2.36. The topological polar surface area (TPSA) is 27.0 Å². The largest absolute Gasteiger partial charge is 0.368 e. The van der Waals surface area contributed by atoms with Crippen LogP contribution in [0.5, 0.6) is 0 Å². The molecule has 0 spiro atoms. The zero-order valence-electron chi connectivity index (χ0n) is 11.0. The molecule has 3 heteroatoms. The van der Waals surface area contributed by atoms with Crippen LogP contribution in [0.25, 0.3) is 0 Å². The van der Waals surface area contributed by atoms with Crippen LogP contribution in [-0.2, 0) is 5.88 Å². The van der Waals surface area contributed by atoms with E-state index in [0.717, 1.165) is 29.3 Å². The molecule has 1 aliphatic heterocycles. The Hall–Kier alpha value is -1.20. The van der Waals surface area contributed by atoms with Crippen LogP contribution in [0.3, 0.4) is 0 Å². The molecule has 0 aliphatic carbocycles. The normalized spacial score (nSPS) is 23.8. The zero-order valence-corrected chi connectivity index (χ0v) is 11.7. The summed E-state index contributed by atoms with van der Waals surface area (Å²) in [6, 6.07) is 8.78. The number of rotatable bonds is 2. The Bertz CT molecular complexity index is 464. The van der Waals surface area contributed by atoms with E-state index in [1.54, 1.807) is 0 Å². The Morgan fingerprint density at radius 1 is 1.44 bits per heavy atom. The van der Waals surface area contributed by atoms with Crippen molar-refractivity contribution in [3.8, 4) is 6.07 Å². The Morgan fingerprint density at radius 2 is 2.22 bits per heavy atom. The first kappa shape index (κ1) is 13.2. The molecule has 0 bridgehead atoms. The fourth-order valence-electron chi connectivity index (χ4n) is 2.77. The van der Waals surface area contributed by atoms with Gasteiger partial charge in [-0.1, -0.05) is 13.0 Å². The van der Waals surface area contributed by atoms with E-state index in [1.807, 2.05) is 18.2 Å². The number of hydrogen-bond acceptors (Lipinski definition) is 2. The Labute approximate surface area is 114 Å². The summed E-state index contributed by atoms with van der Waals surface area (Å²) in [5.41, 5.74) is 2.82. The summed E-state index contributed by atoms with van der Waals surface area (Å²) in [5, 5.41) is 9.29. The average Bonchev–Trinajstić information content (AvgIpc) is 2.38. The lowest BCUT2D eigenvalue weighted by molar-refractivity contribution is 0.378. The van der Waals surface area contributed by atoms with Gasteiger partial charge >= 0.3 is 0 Å². The summed E-state index contributed by atoms with van der Waals surface area (Å²) in [6.45, 7) is 5.58. The highest BCUT2D eigenvalue weighted by Gasteiger charge is 2.24. The Morgan fingerprint density at radius 3 is 2.83 bits per heavy atom. The second-order valence-electron chi connectivity index (χ2n) is 5.27. The average molecular weight is 263 g/mol. The van der Waals surface area contributed by atoms with E-state index in [-0.39, 0.29) is 0 Å². The zero-order chi connectivity index (χ0) is 13.1. The molecule has 1 aromatic carbocycles. The first-order valence-electron chi connectivity index (χ1n) is 6.51. The van der Waals surface area contributed by atoms with Crippen molar-refractivity contribution < 1.29 is 0 Å². The third kappa shape index (κ3) is 2.62. The molecule has 0 N–H and O–H groups in total. The summed E-state index contributed by atoms with van der Waals surface area (Å²) in [5.74, 6) is 1.24. The number of hydrogen-bond donors (Lipinski definition) is 0. The van der Waals surface area contributed by atoms with Crippen LogP contribution < -0.4 is 4.90 Å². The first-order chi connectivity index (χ1) is 8.65. The molecule has 1 fully saturated rings. The number of anilines is 1. The molecule has 0 aromatic heterocycles. The van der Waals surface area contributed by atoms with Crippen LogP contribution >= 0.6 is 11.6 Å². The highest BCUT2D eigenvalue weighted by molar-refractivity contribution is 6.17. The molecule has 0 radical (unpaired) electrons. The molecule has 1 aromatic rings. The predicted molar refractivity (Wildman–Crippen MR) is 75.9 cm³/mol. The van der Waals surface area contributed by atoms with Gasteiger partial charge in [0.15, 0.2) is 0 Å². The Balaban J connectivity index is 2.30. The van der Waals surface area contributed by atoms with E-state index in [0.29, 0.717) is 11.9 Å². The summed E-state index contributed by atoms with van der Waals surface area (Å²) in [6.07, 6.45) is 2.40. The lowest BCUT2D eigenvalue weighted by atomic mass is 9.92. The van der Waals surface area contributed by atoms with Gasteiger partial charge < -0.3 is 4.90 Å². The minimum atomic E-state index is 0.460. The standard InChI is InChI=1S/C15H19ClN2/c1-11-5-6-18(12(2)7-11)15-4-3-13(9-16)8-14(15)10-17/h3-4,8,11-12H,5-7,9H2,1-2H3. The number of nitriles is 1. The molecule has 0 amide bonds. The SMILES string of the molecule is CC1CCN(c2ccc(CCl)cc2C#N)C(C)C1. The molecule has 96 valence electrons.